The predicted octanol–water partition coefficient (Wildman–Crippen LogP) is 4.23. The van der Waals surface area contributed by atoms with Crippen molar-refractivity contribution in [1.82, 2.24) is 0 Å². The summed E-state index contributed by atoms with van der Waals surface area (Å²) < 4.78 is 0. The molecule has 4 aliphatic carbocycles. The van der Waals surface area contributed by atoms with E-state index in [0.29, 0.717) is 17.8 Å². The molecule has 0 heterocycles. The minimum absolute atomic E-state index is 0.135. The van der Waals surface area contributed by atoms with Gasteiger partial charge < -0.3 is 10.2 Å². The normalized spacial score (nSPS) is 50.3. The number of allylic oxidation sites excluding steroid dienone is 3. The molecule has 0 aromatic rings. The predicted molar refractivity (Wildman–Crippen MR) is 92.9 cm³/mol. The van der Waals surface area contributed by atoms with Gasteiger partial charge in [0.25, 0.3) is 0 Å². The lowest BCUT2D eigenvalue weighted by molar-refractivity contribution is 0.00425. The fraction of sp³-hybridized carbons (Fsp3) is 0.810. The quantitative estimate of drug-likeness (QED) is 0.760. The molecule has 0 aromatic carbocycles. The molecule has 3 fully saturated rings. The van der Waals surface area contributed by atoms with Crippen molar-refractivity contribution in [2.75, 3.05) is 0 Å². The van der Waals surface area contributed by atoms with Crippen LogP contribution in [0.3, 0.4) is 0 Å². The molecule has 2 heteroatoms. The second kappa shape index (κ2) is 5.20. The summed E-state index contributed by atoms with van der Waals surface area (Å²) >= 11 is 0. The molecule has 7 atom stereocenters. The van der Waals surface area contributed by atoms with Crippen molar-refractivity contribution >= 4 is 0 Å². The molecule has 0 bridgehead atoms. The lowest BCUT2D eigenvalue weighted by Crippen LogP contribution is -2.47. The van der Waals surface area contributed by atoms with Crippen LogP contribution in [0.15, 0.2) is 23.3 Å². The summed E-state index contributed by atoms with van der Waals surface area (Å²) in [6.45, 7) is 6.87. The number of aliphatic hydroxyl groups excluding tert-OH is 2. The van der Waals surface area contributed by atoms with Crippen molar-refractivity contribution in [3.8, 4) is 0 Å². The smallest absolute Gasteiger partial charge is 0.0578 e. The summed E-state index contributed by atoms with van der Waals surface area (Å²) in [6, 6.07) is 0. The zero-order chi connectivity index (χ0) is 16.4. The van der Waals surface area contributed by atoms with Crippen LogP contribution in [0.25, 0.3) is 0 Å². The van der Waals surface area contributed by atoms with Gasteiger partial charge in [-0.25, -0.2) is 0 Å². The van der Waals surface area contributed by atoms with Gasteiger partial charge in [-0.05, 0) is 80.5 Å². The Labute approximate surface area is 140 Å². The van der Waals surface area contributed by atoms with E-state index in [4.69, 9.17) is 0 Å². The second-order valence-corrected chi connectivity index (χ2v) is 9.25. The Hall–Kier alpha value is -0.600. The topological polar surface area (TPSA) is 40.5 Å². The van der Waals surface area contributed by atoms with Crippen molar-refractivity contribution in [2.24, 2.45) is 28.6 Å². The van der Waals surface area contributed by atoms with Crippen LogP contribution in [0.5, 0.6) is 0 Å². The Bertz CT molecular complexity index is 560. The van der Waals surface area contributed by atoms with Gasteiger partial charge in [-0.15, -0.1) is 0 Å². The van der Waals surface area contributed by atoms with Crippen LogP contribution in [-0.2, 0) is 0 Å². The second-order valence-electron chi connectivity index (χ2n) is 9.25. The van der Waals surface area contributed by atoms with Gasteiger partial charge in [0.1, 0.15) is 0 Å². The van der Waals surface area contributed by atoms with Crippen LogP contribution < -0.4 is 0 Å². The fourth-order valence-corrected chi connectivity index (χ4v) is 6.82. The molecule has 4 rings (SSSR count). The third-order valence-corrected chi connectivity index (χ3v) is 8.20. The van der Waals surface area contributed by atoms with Gasteiger partial charge in [0, 0.05) is 0 Å². The third kappa shape index (κ3) is 2.14. The molecule has 0 radical (unpaired) electrons. The molecule has 0 aliphatic heterocycles. The largest absolute Gasteiger partial charge is 0.393 e. The molecule has 23 heavy (non-hydrogen) atoms. The lowest BCUT2D eigenvalue weighted by atomic mass is 9.50. The number of hydrogen-bond donors (Lipinski definition) is 2. The SMILES string of the molecule is C[C@H](O)C1CC[C@H]2C3=CC=C4C[C@@H](O)CC[C@]4(C)[C@H]3CC[C@]12C. The Morgan fingerprint density at radius 3 is 2.57 bits per heavy atom. The van der Waals surface area contributed by atoms with Gasteiger partial charge in [-0.3, -0.25) is 0 Å². The van der Waals surface area contributed by atoms with Crippen molar-refractivity contribution in [1.29, 1.82) is 0 Å². The Morgan fingerprint density at radius 1 is 1.04 bits per heavy atom. The van der Waals surface area contributed by atoms with Crippen molar-refractivity contribution in [3.63, 3.8) is 0 Å². The Balaban J connectivity index is 1.71. The number of fused-ring (bicyclic) bond motifs is 5. The molecule has 0 spiro atoms. The van der Waals surface area contributed by atoms with Gasteiger partial charge >= 0.3 is 0 Å². The minimum atomic E-state index is -0.183. The van der Waals surface area contributed by atoms with Gasteiger partial charge in [0.05, 0.1) is 12.2 Å². The summed E-state index contributed by atoms with van der Waals surface area (Å²) in [5.74, 6) is 1.78. The molecule has 0 amide bonds. The van der Waals surface area contributed by atoms with E-state index < -0.39 is 0 Å². The molecule has 128 valence electrons. The zero-order valence-corrected chi connectivity index (χ0v) is 14.9. The molecular formula is C21H32O2. The molecule has 0 aromatic heterocycles. The van der Waals surface area contributed by atoms with Gasteiger partial charge in [0.15, 0.2) is 0 Å². The highest BCUT2D eigenvalue weighted by Crippen LogP contribution is 2.65. The standard InChI is InChI=1S/C21H32O2/c1-13(22)17-6-7-18-16-5-4-14-12-15(23)8-10-20(14,2)19(16)9-11-21(17,18)3/h4-5,13,15,17-19,22-23H,6-12H2,1-3H3/t13-,15-,17?,18-,19-,20-,21+/m0/s1. The summed E-state index contributed by atoms with van der Waals surface area (Å²) in [4.78, 5) is 0. The number of aliphatic hydroxyl groups is 2. The lowest BCUT2D eigenvalue weighted by Gasteiger charge is -2.55. The van der Waals surface area contributed by atoms with Gasteiger partial charge in [-0.2, -0.15) is 0 Å². The third-order valence-electron chi connectivity index (χ3n) is 8.20. The highest BCUT2D eigenvalue weighted by molar-refractivity contribution is 5.38. The van der Waals surface area contributed by atoms with Gasteiger partial charge in [0.2, 0.25) is 0 Å². The van der Waals surface area contributed by atoms with E-state index in [9.17, 15) is 10.2 Å². The first kappa shape index (κ1) is 15.9. The number of rotatable bonds is 1. The number of hydrogen-bond acceptors (Lipinski definition) is 2. The summed E-state index contributed by atoms with van der Waals surface area (Å²) in [6.07, 6.45) is 12.3. The van der Waals surface area contributed by atoms with E-state index >= 15 is 0 Å². The molecule has 1 unspecified atom stereocenters. The Kier molecular flexibility index (Phi) is 3.59. The molecule has 4 aliphatic rings. The van der Waals surface area contributed by atoms with Crippen molar-refractivity contribution < 1.29 is 10.2 Å². The molecule has 3 saturated carbocycles. The average molecular weight is 316 g/mol. The molecular weight excluding hydrogens is 284 g/mol. The van der Waals surface area contributed by atoms with E-state index in [1.165, 1.54) is 31.3 Å². The highest BCUT2D eigenvalue weighted by atomic mass is 16.3. The van der Waals surface area contributed by atoms with E-state index in [0.717, 1.165) is 19.3 Å². The van der Waals surface area contributed by atoms with Crippen LogP contribution in [0, 0.1) is 28.6 Å². The maximum absolute atomic E-state index is 10.3. The van der Waals surface area contributed by atoms with Crippen LogP contribution in [-0.4, -0.2) is 22.4 Å². The first-order valence-corrected chi connectivity index (χ1v) is 9.63. The first-order chi connectivity index (χ1) is 10.9. The van der Waals surface area contributed by atoms with Gasteiger partial charge in [-0.1, -0.05) is 37.1 Å². The fourth-order valence-electron chi connectivity index (χ4n) is 6.82. The highest BCUT2D eigenvalue weighted by Gasteiger charge is 2.56. The summed E-state index contributed by atoms with van der Waals surface area (Å²) in [5, 5.41) is 20.3. The average Bonchev–Trinajstić information content (AvgIpc) is 2.85. The van der Waals surface area contributed by atoms with Crippen LogP contribution in [0.1, 0.15) is 65.7 Å². The minimum Gasteiger partial charge on any atom is -0.393 e. The van der Waals surface area contributed by atoms with Crippen molar-refractivity contribution in [2.45, 2.75) is 77.9 Å². The van der Waals surface area contributed by atoms with Crippen LogP contribution >= 0.6 is 0 Å². The van der Waals surface area contributed by atoms with Crippen LogP contribution in [0.4, 0.5) is 0 Å². The maximum atomic E-state index is 10.3. The summed E-state index contributed by atoms with van der Waals surface area (Å²) in [7, 11) is 0. The van der Waals surface area contributed by atoms with E-state index in [2.05, 4.69) is 26.0 Å². The molecule has 0 saturated heterocycles. The first-order valence-electron chi connectivity index (χ1n) is 9.63. The van der Waals surface area contributed by atoms with E-state index in [1.807, 2.05) is 6.92 Å². The van der Waals surface area contributed by atoms with E-state index in [1.54, 1.807) is 5.57 Å². The molecule has 2 nitrogen and oxygen atoms in total. The van der Waals surface area contributed by atoms with E-state index in [-0.39, 0.29) is 23.0 Å². The summed E-state index contributed by atoms with van der Waals surface area (Å²) in [5.41, 5.74) is 3.71. The van der Waals surface area contributed by atoms with Crippen molar-refractivity contribution in [3.05, 3.63) is 23.3 Å². The monoisotopic (exact) mass is 316 g/mol. The zero-order valence-electron chi connectivity index (χ0n) is 14.9. The molecule has 2 N–H and O–H groups in total. The Morgan fingerprint density at radius 2 is 1.83 bits per heavy atom. The van der Waals surface area contributed by atoms with Crippen LogP contribution in [0.2, 0.25) is 0 Å². The maximum Gasteiger partial charge on any atom is 0.0578 e.